The van der Waals surface area contributed by atoms with Gasteiger partial charge in [-0.1, -0.05) is 0 Å². The summed E-state index contributed by atoms with van der Waals surface area (Å²) in [6.07, 6.45) is 3.57. The van der Waals surface area contributed by atoms with Crippen molar-refractivity contribution in [3.8, 4) is 0 Å². The highest BCUT2D eigenvalue weighted by Crippen LogP contribution is 2.36. The van der Waals surface area contributed by atoms with Gasteiger partial charge in [0.1, 0.15) is 0 Å². The largest absolute Gasteiger partial charge is 0.373 e. The Morgan fingerprint density at radius 1 is 1.45 bits per heavy atom. The number of hydrogen-bond acceptors (Lipinski definition) is 4. The van der Waals surface area contributed by atoms with Gasteiger partial charge in [-0.15, -0.1) is 11.3 Å². The molecule has 2 atom stereocenters. The minimum Gasteiger partial charge on any atom is -0.373 e. The van der Waals surface area contributed by atoms with Gasteiger partial charge in [0.05, 0.1) is 5.60 Å². The van der Waals surface area contributed by atoms with E-state index in [4.69, 9.17) is 4.74 Å². The lowest BCUT2D eigenvalue weighted by molar-refractivity contribution is -0.0931. The van der Waals surface area contributed by atoms with Crippen molar-refractivity contribution in [3.05, 3.63) is 21.9 Å². The fourth-order valence-electron chi connectivity index (χ4n) is 3.58. The molecule has 3 heterocycles. The van der Waals surface area contributed by atoms with Crippen molar-refractivity contribution in [2.24, 2.45) is 0 Å². The summed E-state index contributed by atoms with van der Waals surface area (Å²) >= 11 is 1.92. The molecule has 2 saturated heterocycles. The van der Waals surface area contributed by atoms with Crippen LogP contribution >= 0.6 is 11.3 Å². The fraction of sp³-hybridized carbons (Fsp3) is 0.750. The number of ether oxygens (including phenoxy) is 1. The first kappa shape index (κ1) is 14.5. The maximum atomic E-state index is 6.22. The second kappa shape index (κ2) is 5.76. The van der Waals surface area contributed by atoms with E-state index in [1.165, 1.54) is 35.6 Å². The van der Waals surface area contributed by atoms with Gasteiger partial charge >= 0.3 is 0 Å². The predicted octanol–water partition coefficient (Wildman–Crippen LogP) is 2.74. The van der Waals surface area contributed by atoms with Gasteiger partial charge in [0, 0.05) is 42.0 Å². The summed E-state index contributed by atoms with van der Waals surface area (Å²) in [5, 5.41) is 0. The Hall–Kier alpha value is -0.420. The van der Waals surface area contributed by atoms with Gasteiger partial charge in [0.25, 0.3) is 0 Å². The topological polar surface area (TPSA) is 15.7 Å². The van der Waals surface area contributed by atoms with Crippen LogP contribution in [0, 0.1) is 6.92 Å². The summed E-state index contributed by atoms with van der Waals surface area (Å²) in [6.45, 7) is 6.49. The maximum absolute atomic E-state index is 6.22. The van der Waals surface area contributed by atoms with Crippen LogP contribution in [0.1, 0.15) is 29.0 Å². The number of thiophene rings is 1. The molecule has 3 nitrogen and oxygen atoms in total. The summed E-state index contributed by atoms with van der Waals surface area (Å²) in [7, 11) is 4.40. The van der Waals surface area contributed by atoms with Crippen molar-refractivity contribution in [2.45, 2.75) is 44.4 Å². The van der Waals surface area contributed by atoms with Gasteiger partial charge in [0.15, 0.2) is 0 Å². The smallest absolute Gasteiger partial charge is 0.0835 e. The van der Waals surface area contributed by atoms with E-state index in [0.717, 1.165) is 19.7 Å². The summed E-state index contributed by atoms with van der Waals surface area (Å²) < 4.78 is 6.22. The Balaban J connectivity index is 1.60. The minimum atomic E-state index is 0.124. The average Bonchev–Trinajstić information content (AvgIpc) is 2.98. The van der Waals surface area contributed by atoms with E-state index in [0.29, 0.717) is 6.04 Å². The SMILES string of the molecule is Cc1ccc(CN2CC[C@@]3(C[C@H](N(C)C)CCO3)C2)s1. The molecule has 0 amide bonds. The van der Waals surface area contributed by atoms with Gasteiger partial charge in [0.2, 0.25) is 0 Å². The first-order chi connectivity index (χ1) is 9.56. The molecule has 3 rings (SSSR count). The number of aryl methyl sites for hydroxylation is 1. The lowest BCUT2D eigenvalue weighted by Gasteiger charge is -2.40. The van der Waals surface area contributed by atoms with E-state index >= 15 is 0 Å². The molecule has 2 aliphatic rings. The van der Waals surface area contributed by atoms with Crippen LogP contribution in [-0.2, 0) is 11.3 Å². The first-order valence-corrected chi connectivity index (χ1v) is 8.46. The van der Waals surface area contributed by atoms with Gasteiger partial charge in [-0.25, -0.2) is 0 Å². The Morgan fingerprint density at radius 2 is 2.30 bits per heavy atom. The van der Waals surface area contributed by atoms with E-state index in [9.17, 15) is 0 Å². The molecule has 0 saturated carbocycles. The summed E-state index contributed by atoms with van der Waals surface area (Å²) in [5.74, 6) is 0. The highest BCUT2D eigenvalue weighted by molar-refractivity contribution is 7.11. The molecule has 1 aromatic rings. The highest BCUT2D eigenvalue weighted by Gasteiger charge is 2.43. The standard InChI is InChI=1S/C16H26N2OS/c1-13-4-5-15(20-13)11-18-8-7-16(12-18)10-14(17(2)3)6-9-19-16/h4-5,14H,6-12H2,1-3H3/t14-,16-/m1/s1. The summed E-state index contributed by atoms with van der Waals surface area (Å²) in [4.78, 5) is 7.84. The molecule has 0 aliphatic carbocycles. The number of likely N-dealkylation sites (tertiary alicyclic amines) is 1. The molecule has 112 valence electrons. The number of hydrogen-bond donors (Lipinski definition) is 0. The van der Waals surface area contributed by atoms with Gasteiger partial charge in [-0.2, -0.15) is 0 Å². The Morgan fingerprint density at radius 3 is 3.00 bits per heavy atom. The average molecular weight is 294 g/mol. The molecule has 0 bridgehead atoms. The molecular weight excluding hydrogens is 268 g/mol. The monoisotopic (exact) mass is 294 g/mol. The van der Waals surface area contributed by atoms with Gasteiger partial charge in [-0.3, -0.25) is 4.90 Å². The molecule has 1 spiro atoms. The third-order valence-corrected chi connectivity index (χ3v) is 5.75. The van der Waals surface area contributed by atoms with Crippen LogP contribution < -0.4 is 0 Å². The van der Waals surface area contributed by atoms with E-state index < -0.39 is 0 Å². The van der Waals surface area contributed by atoms with E-state index in [2.05, 4.69) is 43.0 Å². The molecule has 2 aliphatic heterocycles. The van der Waals surface area contributed by atoms with E-state index in [-0.39, 0.29) is 5.60 Å². The van der Waals surface area contributed by atoms with Crippen LogP contribution in [0.2, 0.25) is 0 Å². The van der Waals surface area contributed by atoms with Gasteiger partial charge < -0.3 is 9.64 Å². The number of rotatable bonds is 3. The van der Waals surface area contributed by atoms with Crippen LogP contribution in [0.3, 0.4) is 0 Å². The molecule has 4 heteroatoms. The molecule has 0 unspecified atom stereocenters. The highest BCUT2D eigenvalue weighted by atomic mass is 32.1. The van der Waals surface area contributed by atoms with Crippen molar-refractivity contribution in [2.75, 3.05) is 33.8 Å². The Labute approximate surface area is 126 Å². The Kier molecular flexibility index (Phi) is 4.18. The molecule has 20 heavy (non-hydrogen) atoms. The third-order valence-electron chi connectivity index (χ3n) is 4.77. The minimum absolute atomic E-state index is 0.124. The molecule has 0 N–H and O–H groups in total. The lowest BCUT2D eigenvalue weighted by Crippen LogP contribution is -2.48. The second-order valence-corrected chi connectivity index (χ2v) is 7.99. The molecule has 2 fully saturated rings. The van der Waals surface area contributed by atoms with Crippen molar-refractivity contribution >= 4 is 11.3 Å². The van der Waals surface area contributed by atoms with Crippen LogP contribution in [-0.4, -0.2) is 55.2 Å². The third kappa shape index (κ3) is 3.08. The first-order valence-electron chi connectivity index (χ1n) is 7.64. The second-order valence-electron chi connectivity index (χ2n) is 6.61. The molecule has 1 aromatic heterocycles. The molecular formula is C16H26N2OS. The van der Waals surface area contributed by atoms with Crippen molar-refractivity contribution in [1.82, 2.24) is 9.80 Å². The zero-order valence-corrected chi connectivity index (χ0v) is 13.7. The van der Waals surface area contributed by atoms with Crippen molar-refractivity contribution in [3.63, 3.8) is 0 Å². The Bertz CT molecular complexity index is 459. The molecule has 0 aromatic carbocycles. The maximum Gasteiger partial charge on any atom is 0.0835 e. The van der Waals surface area contributed by atoms with Crippen LogP contribution in [0.15, 0.2) is 12.1 Å². The lowest BCUT2D eigenvalue weighted by atomic mass is 9.89. The number of nitrogens with zero attached hydrogens (tertiary/aromatic N) is 2. The zero-order valence-electron chi connectivity index (χ0n) is 12.9. The fourth-order valence-corrected chi connectivity index (χ4v) is 4.51. The van der Waals surface area contributed by atoms with Crippen molar-refractivity contribution < 1.29 is 4.74 Å². The van der Waals surface area contributed by atoms with Crippen LogP contribution in [0.4, 0.5) is 0 Å². The predicted molar refractivity (Wildman–Crippen MR) is 84.3 cm³/mol. The van der Waals surface area contributed by atoms with Crippen LogP contribution in [0.5, 0.6) is 0 Å². The normalized spacial score (nSPS) is 31.5. The summed E-state index contributed by atoms with van der Waals surface area (Å²) in [6, 6.07) is 5.19. The van der Waals surface area contributed by atoms with E-state index in [1.54, 1.807) is 0 Å². The van der Waals surface area contributed by atoms with Crippen molar-refractivity contribution in [1.29, 1.82) is 0 Å². The van der Waals surface area contributed by atoms with E-state index in [1.807, 2.05) is 11.3 Å². The van der Waals surface area contributed by atoms with Crippen LogP contribution in [0.25, 0.3) is 0 Å². The summed E-state index contributed by atoms with van der Waals surface area (Å²) in [5.41, 5.74) is 0.124. The zero-order chi connectivity index (χ0) is 14.2. The van der Waals surface area contributed by atoms with Gasteiger partial charge in [-0.05, 0) is 52.4 Å². The quantitative estimate of drug-likeness (QED) is 0.852. The molecule has 0 radical (unpaired) electrons.